The van der Waals surface area contributed by atoms with Gasteiger partial charge in [-0.1, -0.05) is 23.7 Å². The van der Waals surface area contributed by atoms with E-state index in [1.54, 1.807) is 59.5 Å². The summed E-state index contributed by atoms with van der Waals surface area (Å²) in [6.45, 7) is 0.165. The maximum absolute atomic E-state index is 13.3. The Balaban J connectivity index is 1.68. The molecule has 0 spiro atoms. The Bertz CT molecular complexity index is 1310. The number of rotatable bonds is 5. The highest BCUT2D eigenvalue weighted by atomic mass is 35.5. The average Bonchev–Trinajstić information content (AvgIpc) is 3.17. The van der Waals surface area contributed by atoms with Gasteiger partial charge in [-0.15, -0.1) is 4.40 Å². The molecule has 178 valence electrons. The quantitative estimate of drug-likeness (QED) is 0.483. The van der Waals surface area contributed by atoms with Gasteiger partial charge in [0.05, 0.1) is 17.9 Å². The van der Waals surface area contributed by atoms with E-state index in [4.69, 9.17) is 16.3 Å². The van der Waals surface area contributed by atoms with Gasteiger partial charge in [-0.05, 0) is 66.2 Å². The van der Waals surface area contributed by atoms with E-state index >= 15 is 0 Å². The fourth-order valence-corrected chi connectivity index (χ4v) is 4.14. The third-order valence-electron chi connectivity index (χ3n) is 5.01. The van der Waals surface area contributed by atoms with Crippen LogP contribution in [0.4, 0.5) is 18.9 Å². The normalized spacial score (nSPS) is 17.6. The fraction of sp³-hybridized carbons (Fsp3) is 0.174. The molecule has 0 aliphatic carbocycles. The Labute approximate surface area is 199 Å². The largest absolute Gasteiger partial charge is 0.457 e. The van der Waals surface area contributed by atoms with E-state index in [0.29, 0.717) is 27.8 Å². The fourth-order valence-electron chi connectivity index (χ4n) is 3.55. The van der Waals surface area contributed by atoms with E-state index in [9.17, 15) is 21.6 Å². The summed E-state index contributed by atoms with van der Waals surface area (Å²) in [6.07, 6.45) is -3.56. The van der Waals surface area contributed by atoms with Gasteiger partial charge in [0.1, 0.15) is 11.5 Å². The van der Waals surface area contributed by atoms with Gasteiger partial charge in [-0.3, -0.25) is 0 Å². The summed E-state index contributed by atoms with van der Waals surface area (Å²) in [5.41, 5.74) is 0.103. The predicted octanol–water partition coefficient (Wildman–Crippen LogP) is 5.62. The molecule has 1 fully saturated rings. The zero-order chi connectivity index (χ0) is 24.5. The first-order valence-corrected chi connectivity index (χ1v) is 12.3. The van der Waals surface area contributed by atoms with Crippen LogP contribution < -0.4 is 15.0 Å². The van der Waals surface area contributed by atoms with Crippen molar-refractivity contribution < 1.29 is 26.3 Å². The first-order valence-electron chi connectivity index (χ1n) is 10.0. The number of nitrogens with one attached hydrogen (secondary N) is 1. The van der Waals surface area contributed by atoms with Crippen LogP contribution in [0, 0.1) is 0 Å². The lowest BCUT2D eigenvalue weighted by Crippen LogP contribution is -2.32. The highest BCUT2D eigenvalue weighted by Crippen LogP contribution is 2.36. The molecular formula is C23H19ClF3N3O3S. The molecule has 1 aliphatic heterocycles. The summed E-state index contributed by atoms with van der Waals surface area (Å²) in [4.78, 5) is 1.56. The van der Waals surface area contributed by atoms with Crippen molar-refractivity contribution >= 4 is 33.3 Å². The van der Waals surface area contributed by atoms with Crippen molar-refractivity contribution in [2.75, 3.05) is 17.7 Å². The number of anilines is 1. The van der Waals surface area contributed by atoms with Crippen molar-refractivity contribution in [2.24, 2.45) is 4.40 Å². The first kappa shape index (κ1) is 23.9. The van der Waals surface area contributed by atoms with Crippen LogP contribution in [0.3, 0.4) is 0 Å². The molecule has 1 aliphatic rings. The van der Waals surface area contributed by atoms with Gasteiger partial charge in [-0.25, -0.2) is 8.42 Å². The smallest absolute Gasteiger partial charge is 0.416 e. The van der Waals surface area contributed by atoms with Gasteiger partial charge in [0.15, 0.2) is 0 Å². The standard InChI is InChI=1S/C23H19ClF3N3O3S/c1-34(31,32)29-22-28-14-21(15-3-2-4-16(13-15)23(25,26)27)30(22)18-7-11-20(12-8-18)33-19-9-5-17(24)6-10-19/h2-13,21H,14H2,1H3,(H,28,29)/t21-/m1/s1. The maximum Gasteiger partial charge on any atom is 0.416 e. The molecule has 3 aromatic rings. The third kappa shape index (κ3) is 5.63. The van der Waals surface area contributed by atoms with Crippen LogP contribution in [0.1, 0.15) is 17.2 Å². The topological polar surface area (TPSA) is 71.0 Å². The molecule has 1 atom stereocenters. The number of alkyl halides is 3. The third-order valence-corrected chi connectivity index (χ3v) is 5.77. The van der Waals surface area contributed by atoms with Crippen molar-refractivity contribution in [1.82, 2.24) is 5.32 Å². The Morgan fingerprint density at radius 3 is 2.24 bits per heavy atom. The Morgan fingerprint density at radius 2 is 1.65 bits per heavy atom. The minimum atomic E-state index is -4.50. The van der Waals surface area contributed by atoms with Crippen molar-refractivity contribution in [1.29, 1.82) is 0 Å². The molecule has 1 saturated heterocycles. The SMILES string of the molecule is CS(=O)(=O)/N=C1\NC[C@H](c2cccc(C(F)(F)F)c2)N1c1ccc(Oc2ccc(Cl)cc2)cc1. The summed E-state index contributed by atoms with van der Waals surface area (Å²) in [5.74, 6) is 1.10. The van der Waals surface area contributed by atoms with Crippen LogP contribution in [-0.2, 0) is 16.2 Å². The van der Waals surface area contributed by atoms with Gasteiger partial charge in [-0.2, -0.15) is 13.2 Å². The van der Waals surface area contributed by atoms with E-state index in [1.807, 2.05) is 0 Å². The van der Waals surface area contributed by atoms with Crippen molar-refractivity contribution in [3.8, 4) is 11.5 Å². The molecule has 0 amide bonds. The van der Waals surface area contributed by atoms with Gasteiger partial charge >= 0.3 is 6.18 Å². The summed E-state index contributed by atoms with van der Waals surface area (Å²) in [7, 11) is -3.77. The van der Waals surface area contributed by atoms with E-state index in [-0.39, 0.29) is 12.5 Å². The number of sulfonamides is 1. The van der Waals surface area contributed by atoms with Crippen LogP contribution >= 0.6 is 11.6 Å². The predicted molar refractivity (Wildman–Crippen MR) is 125 cm³/mol. The molecule has 6 nitrogen and oxygen atoms in total. The number of hydrogen-bond donors (Lipinski definition) is 1. The molecule has 0 saturated carbocycles. The molecule has 1 N–H and O–H groups in total. The second-order valence-corrected chi connectivity index (χ2v) is 9.67. The molecule has 4 rings (SSSR count). The van der Waals surface area contributed by atoms with E-state index in [1.165, 1.54) is 6.07 Å². The van der Waals surface area contributed by atoms with Crippen LogP contribution in [0.5, 0.6) is 11.5 Å². The molecular weight excluding hydrogens is 491 g/mol. The molecule has 1 heterocycles. The number of hydrogen-bond acceptors (Lipinski definition) is 3. The van der Waals surface area contributed by atoms with Gasteiger partial charge < -0.3 is 15.0 Å². The van der Waals surface area contributed by atoms with Crippen LogP contribution in [-0.4, -0.2) is 27.2 Å². The molecule has 3 aromatic carbocycles. The first-order chi connectivity index (χ1) is 16.0. The lowest BCUT2D eigenvalue weighted by molar-refractivity contribution is -0.137. The number of benzene rings is 3. The highest BCUT2D eigenvalue weighted by molar-refractivity contribution is 7.89. The second-order valence-electron chi connectivity index (χ2n) is 7.59. The minimum absolute atomic E-state index is 0.0243. The highest BCUT2D eigenvalue weighted by Gasteiger charge is 2.35. The number of nitrogens with zero attached hydrogens (tertiary/aromatic N) is 2. The Hall–Kier alpha value is -3.24. The number of halogens is 4. The lowest BCUT2D eigenvalue weighted by Gasteiger charge is -2.26. The monoisotopic (exact) mass is 509 g/mol. The summed E-state index contributed by atoms with van der Waals surface area (Å²) >= 11 is 5.88. The molecule has 11 heteroatoms. The zero-order valence-electron chi connectivity index (χ0n) is 17.8. The van der Waals surface area contributed by atoms with E-state index in [2.05, 4.69) is 9.71 Å². The van der Waals surface area contributed by atoms with Crippen molar-refractivity contribution in [3.05, 3.63) is 88.9 Å². The molecule has 34 heavy (non-hydrogen) atoms. The van der Waals surface area contributed by atoms with E-state index in [0.717, 1.165) is 18.4 Å². The summed E-state index contributed by atoms with van der Waals surface area (Å²) in [6, 6.07) is 17.8. The minimum Gasteiger partial charge on any atom is -0.457 e. The molecule has 0 radical (unpaired) electrons. The van der Waals surface area contributed by atoms with Crippen molar-refractivity contribution in [3.63, 3.8) is 0 Å². The van der Waals surface area contributed by atoms with Gasteiger partial charge in [0.25, 0.3) is 10.0 Å². The molecule has 0 unspecified atom stereocenters. The lowest BCUT2D eigenvalue weighted by atomic mass is 10.0. The van der Waals surface area contributed by atoms with Crippen LogP contribution in [0.15, 0.2) is 77.2 Å². The summed E-state index contributed by atoms with van der Waals surface area (Å²) in [5, 5.41) is 3.47. The van der Waals surface area contributed by atoms with E-state index < -0.39 is 27.8 Å². The van der Waals surface area contributed by atoms with Crippen LogP contribution in [0.25, 0.3) is 0 Å². The number of guanidine groups is 1. The Kier molecular flexibility index (Phi) is 6.46. The van der Waals surface area contributed by atoms with Crippen molar-refractivity contribution in [2.45, 2.75) is 12.2 Å². The van der Waals surface area contributed by atoms with Gasteiger partial charge in [0.2, 0.25) is 5.96 Å². The maximum atomic E-state index is 13.3. The zero-order valence-corrected chi connectivity index (χ0v) is 19.3. The van der Waals surface area contributed by atoms with Gasteiger partial charge in [0, 0.05) is 17.3 Å². The Morgan fingerprint density at radius 1 is 1.03 bits per heavy atom. The molecule has 0 bridgehead atoms. The molecule has 0 aromatic heterocycles. The van der Waals surface area contributed by atoms with Crippen LogP contribution in [0.2, 0.25) is 5.02 Å². The second kappa shape index (κ2) is 9.19. The number of ether oxygens (including phenoxy) is 1. The average molecular weight is 510 g/mol. The summed E-state index contributed by atoms with van der Waals surface area (Å²) < 4.78 is 73.0.